The van der Waals surface area contributed by atoms with E-state index in [2.05, 4.69) is 0 Å². The Bertz CT molecular complexity index is 1070. The number of carboxylic acid groups (broad SMARTS) is 1. The lowest BCUT2D eigenvalue weighted by Crippen LogP contribution is -2.56. The van der Waals surface area contributed by atoms with Gasteiger partial charge in [0.05, 0.1) is 0 Å². The molecule has 162 valence electrons. The van der Waals surface area contributed by atoms with Gasteiger partial charge in [-0.1, -0.05) is 30.3 Å². The first-order chi connectivity index (χ1) is 14.0. The van der Waals surface area contributed by atoms with E-state index in [-0.39, 0.29) is 26.1 Å². The molecule has 0 saturated carbocycles. The van der Waals surface area contributed by atoms with E-state index in [9.17, 15) is 40.3 Å². The smallest absolute Gasteiger partial charge is 0.326 e. The van der Waals surface area contributed by atoms with Gasteiger partial charge in [0.1, 0.15) is 5.54 Å². The fraction of sp³-hybridized carbons (Fsp3) is 0.278. The van der Waals surface area contributed by atoms with Crippen LogP contribution in [0.5, 0.6) is 0 Å². The van der Waals surface area contributed by atoms with Crippen LogP contribution in [-0.2, 0) is 21.4 Å². The second-order valence-electron chi connectivity index (χ2n) is 6.84. The van der Waals surface area contributed by atoms with Crippen LogP contribution in [0.25, 0.3) is 0 Å². The Morgan fingerprint density at radius 3 is 2.07 bits per heavy atom. The molecular weight excluding hydrogens is 435 g/mol. The predicted octanol–water partition coefficient (Wildman–Crippen LogP) is 2.39. The van der Waals surface area contributed by atoms with Crippen LogP contribution in [0.1, 0.15) is 12.0 Å². The molecule has 12 heteroatoms. The normalized spacial score (nSPS) is 19.9. The predicted molar refractivity (Wildman–Crippen MR) is 93.3 cm³/mol. The topological polar surface area (TPSA) is 86.7 Å². The third kappa shape index (κ3) is 3.89. The van der Waals surface area contributed by atoms with Gasteiger partial charge < -0.3 is 5.11 Å². The summed E-state index contributed by atoms with van der Waals surface area (Å²) in [4.78, 5) is 11.3. The standard InChI is InChI=1S/C18H15F5N2O4S/c19-11-12(20)14(22)16(15(23)13(11)21)30(28,29)24-18(17(26)27)6-7-25(9-18)8-10-4-2-1-3-5-10/h1-5,24H,6-9H2,(H,26,27). The lowest BCUT2D eigenvalue weighted by molar-refractivity contribution is -0.143. The number of nitrogens with one attached hydrogen (secondary N) is 1. The largest absolute Gasteiger partial charge is 0.480 e. The average molecular weight is 450 g/mol. The number of hydrogen-bond donors (Lipinski definition) is 2. The minimum absolute atomic E-state index is 0.112. The molecule has 2 aromatic rings. The van der Waals surface area contributed by atoms with Crippen LogP contribution in [0.4, 0.5) is 22.0 Å². The van der Waals surface area contributed by atoms with Crippen molar-refractivity contribution in [2.75, 3.05) is 13.1 Å². The van der Waals surface area contributed by atoms with E-state index in [0.717, 1.165) is 5.56 Å². The summed E-state index contributed by atoms with van der Waals surface area (Å²) < 4.78 is 94.6. The molecule has 2 aromatic carbocycles. The summed E-state index contributed by atoms with van der Waals surface area (Å²) in [5.74, 6) is -14.2. The van der Waals surface area contributed by atoms with Crippen LogP contribution in [0.2, 0.25) is 0 Å². The maximum atomic E-state index is 14.0. The summed E-state index contributed by atoms with van der Waals surface area (Å²) in [6.45, 7) is -0.00715. The van der Waals surface area contributed by atoms with Gasteiger partial charge >= 0.3 is 5.97 Å². The Balaban J connectivity index is 1.94. The summed E-state index contributed by atoms with van der Waals surface area (Å²) in [7, 11) is -5.42. The van der Waals surface area contributed by atoms with Gasteiger partial charge in [0.15, 0.2) is 28.2 Å². The van der Waals surface area contributed by atoms with E-state index in [4.69, 9.17) is 0 Å². The third-order valence-electron chi connectivity index (χ3n) is 4.77. The lowest BCUT2D eigenvalue weighted by atomic mass is 10.0. The van der Waals surface area contributed by atoms with Crippen LogP contribution in [0.3, 0.4) is 0 Å². The molecule has 2 N–H and O–H groups in total. The molecule has 0 aromatic heterocycles. The maximum Gasteiger partial charge on any atom is 0.326 e. The Labute approximate surface area is 168 Å². The van der Waals surface area contributed by atoms with Crippen LogP contribution in [-0.4, -0.2) is 43.0 Å². The van der Waals surface area contributed by atoms with E-state index >= 15 is 0 Å². The molecule has 1 atom stereocenters. The van der Waals surface area contributed by atoms with Crippen LogP contribution < -0.4 is 4.72 Å². The number of benzene rings is 2. The first-order valence-electron chi connectivity index (χ1n) is 8.53. The minimum Gasteiger partial charge on any atom is -0.480 e. The first-order valence-corrected chi connectivity index (χ1v) is 10.0. The van der Waals surface area contributed by atoms with Crippen molar-refractivity contribution in [2.45, 2.75) is 23.4 Å². The molecule has 1 heterocycles. The fourth-order valence-corrected chi connectivity index (χ4v) is 4.82. The number of halogens is 5. The average Bonchev–Trinajstić information content (AvgIpc) is 3.08. The molecule has 0 radical (unpaired) electrons. The highest BCUT2D eigenvalue weighted by Gasteiger charge is 2.49. The highest BCUT2D eigenvalue weighted by atomic mass is 32.2. The Hall–Kier alpha value is -2.57. The summed E-state index contributed by atoms with van der Waals surface area (Å²) in [5, 5.41) is 9.60. The molecule has 6 nitrogen and oxygen atoms in total. The second-order valence-corrected chi connectivity index (χ2v) is 8.46. The SMILES string of the molecule is O=C(O)C1(NS(=O)(=O)c2c(F)c(F)c(F)c(F)c2F)CCN(Cc2ccccc2)C1. The van der Waals surface area contributed by atoms with E-state index in [0.29, 0.717) is 0 Å². The Morgan fingerprint density at radius 1 is 1.00 bits per heavy atom. The summed E-state index contributed by atoms with van der Waals surface area (Å²) >= 11 is 0. The zero-order chi connectivity index (χ0) is 22.3. The van der Waals surface area contributed by atoms with Gasteiger partial charge in [0.2, 0.25) is 15.8 Å². The van der Waals surface area contributed by atoms with Crippen molar-refractivity contribution in [1.29, 1.82) is 0 Å². The van der Waals surface area contributed by atoms with E-state index in [1.165, 1.54) is 0 Å². The maximum absolute atomic E-state index is 14.0. The number of carbonyl (C=O) groups is 1. The molecule has 1 fully saturated rings. The molecule has 3 rings (SSSR count). The monoisotopic (exact) mass is 450 g/mol. The molecule has 1 unspecified atom stereocenters. The van der Waals surface area contributed by atoms with E-state index in [1.807, 2.05) is 0 Å². The van der Waals surface area contributed by atoms with Crippen molar-refractivity contribution in [2.24, 2.45) is 0 Å². The molecule has 1 aliphatic heterocycles. The van der Waals surface area contributed by atoms with Gasteiger partial charge in [-0.15, -0.1) is 0 Å². The lowest BCUT2D eigenvalue weighted by Gasteiger charge is -2.26. The van der Waals surface area contributed by atoms with Crippen molar-refractivity contribution in [3.05, 3.63) is 65.0 Å². The van der Waals surface area contributed by atoms with Crippen molar-refractivity contribution in [3.8, 4) is 0 Å². The van der Waals surface area contributed by atoms with Crippen LogP contribution in [0, 0.1) is 29.1 Å². The summed E-state index contributed by atoms with van der Waals surface area (Å²) in [5.41, 5.74) is -1.41. The number of hydrogen-bond acceptors (Lipinski definition) is 4. The van der Waals surface area contributed by atoms with Crippen LogP contribution >= 0.6 is 0 Å². The molecule has 0 bridgehead atoms. The fourth-order valence-electron chi connectivity index (χ4n) is 3.30. The first kappa shape index (κ1) is 22.1. The van der Waals surface area contributed by atoms with Gasteiger partial charge in [-0.25, -0.2) is 30.4 Å². The number of aliphatic carboxylic acids is 1. The van der Waals surface area contributed by atoms with Crippen LogP contribution in [0.15, 0.2) is 35.2 Å². The van der Waals surface area contributed by atoms with Crippen molar-refractivity contribution >= 4 is 16.0 Å². The molecule has 1 aliphatic rings. The van der Waals surface area contributed by atoms with Crippen molar-refractivity contribution < 1.29 is 40.3 Å². The molecular formula is C18H15F5N2O4S. The molecule has 0 aliphatic carbocycles. The van der Waals surface area contributed by atoms with Gasteiger partial charge in [-0.05, 0) is 12.0 Å². The van der Waals surface area contributed by atoms with E-state index < -0.39 is 55.5 Å². The second kappa shape index (κ2) is 7.93. The number of rotatable bonds is 6. The number of sulfonamides is 1. The van der Waals surface area contributed by atoms with Crippen molar-refractivity contribution in [1.82, 2.24) is 9.62 Å². The molecule has 0 amide bonds. The van der Waals surface area contributed by atoms with E-state index in [1.54, 1.807) is 40.0 Å². The molecule has 30 heavy (non-hydrogen) atoms. The van der Waals surface area contributed by atoms with Gasteiger partial charge in [-0.2, -0.15) is 4.72 Å². The quantitative estimate of drug-likeness (QED) is 0.401. The number of likely N-dealkylation sites (tertiary alicyclic amines) is 1. The molecule has 0 spiro atoms. The van der Waals surface area contributed by atoms with Gasteiger partial charge in [0, 0.05) is 19.6 Å². The molecule has 1 saturated heterocycles. The minimum atomic E-state index is -5.42. The zero-order valence-electron chi connectivity index (χ0n) is 15.1. The highest BCUT2D eigenvalue weighted by molar-refractivity contribution is 7.89. The highest BCUT2D eigenvalue weighted by Crippen LogP contribution is 2.30. The number of nitrogens with zero attached hydrogens (tertiary/aromatic N) is 1. The zero-order valence-corrected chi connectivity index (χ0v) is 15.9. The van der Waals surface area contributed by atoms with Crippen molar-refractivity contribution in [3.63, 3.8) is 0 Å². The van der Waals surface area contributed by atoms with Gasteiger partial charge in [0.25, 0.3) is 0 Å². The Morgan fingerprint density at radius 2 is 1.53 bits per heavy atom. The summed E-state index contributed by atoms with van der Waals surface area (Å²) in [6, 6.07) is 8.80. The van der Waals surface area contributed by atoms with Gasteiger partial charge in [-0.3, -0.25) is 9.69 Å². The summed E-state index contributed by atoms with van der Waals surface area (Å²) in [6.07, 6.45) is -0.288. The number of carboxylic acids is 1. The third-order valence-corrected chi connectivity index (χ3v) is 6.33. The Kier molecular flexibility index (Phi) is 5.85.